The maximum atomic E-state index is 11.8. The molecule has 0 aromatic rings. The van der Waals surface area contributed by atoms with E-state index in [9.17, 15) is 14.7 Å². The van der Waals surface area contributed by atoms with E-state index in [-0.39, 0.29) is 18.6 Å². The number of carbonyl (C=O) groups excluding carboxylic acids is 2. The molecule has 1 fully saturated rings. The van der Waals surface area contributed by atoms with Gasteiger partial charge in [-0.05, 0) is 20.3 Å². The smallest absolute Gasteiger partial charge is 0.242 e. The predicted octanol–water partition coefficient (Wildman–Crippen LogP) is -2.61. The number of nitrogens with two attached hydrogens (primary N) is 2. The Bertz CT molecular complexity index is 337. The van der Waals surface area contributed by atoms with E-state index in [1.165, 1.54) is 6.92 Å². The summed E-state index contributed by atoms with van der Waals surface area (Å²) in [7, 11) is 0. The van der Waals surface area contributed by atoms with Gasteiger partial charge in [0.05, 0.1) is 24.7 Å². The van der Waals surface area contributed by atoms with Crippen molar-refractivity contribution < 1.29 is 19.4 Å². The van der Waals surface area contributed by atoms with E-state index in [0.29, 0.717) is 6.42 Å². The molecule has 110 valence electrons. The molecule has 0 radical (unpaired) electrons. The normalized spacial score (nSPS) is 30.3. The third kappa shape index (κ3) is 4.75. The molecular formula is C11H22N4O4. The van der Waals surface area contributed by atoms with Crippen LogP contribution in [0, 0.1) is 0 Å². The molecule has 1 aliphatic rings. The molecule has 1 saturated heterocycles. The van der Waals surface area contributed by atoms with Crippen LogP contribution in [0.1, 0.15) is 20.3 Å². The summed E-state index contributed by atoms with van der Waals surface area (Å²) in [6, 6.07) is -2.17. The maximum Gasteiger partial charge on any atom is 0.242 e. The monoisotopic (exact) mass is 274 g/mol. The number of aliphatic hydroxyl groups is 1. The van der Waals surface area contributed by atoms with Gasteiger partial charge in [0.25, 0.3) is 0 Å². The fraction of sp³-hybridized carbons (Fsp3) is 0.818. The van der Waals surface area contributed by atoms with Gasteiger partial charge in [-0.2, -0.15) is 0 Å². The van der Waals surface area contributed by atoms with Crippen molar-refractivity contribution in [3.05, 3.63) is 0 Å². The molecule has 0 aromatic carbocycles. The lowest BCUT2D eigenvalue weighted by Gasteiger charge is -2.32. The van der Waals surface area contributed by atoms with Crippen LogP contribution in [0.4, 0.5) is 0 Å². The summed E-state index contributed by atoms with van der Waals surface area (Å²) in [5.74, 6) is -0.735. The van der Waals surface area contributed by atoms with E-state index in [2.05, 4.69) is 10.6 Å². The van der Waals surface area contributed by atoms with E-state index in [1.807, 2.05) is 0 Å². The van der Waals surface area contributed by atoms with Crippen LogP contribution in [0.25, 0.3) is 0 Å². The SMILES string of the molecule is C[C@@H](N)C(=O)N[C@H](C)C(=O)N[C@H]1COC(O)[C@H](N)C1. The molecule has 1 aliphatic heterocycles. The molecule has 0 aromatic heterocycles. The lowest BCUT2D eigenvalue weighted by molar-refractivity contribution is -0.148. The van der Waals surface area contributed by atoms with Crippen LogP contribution in [-0.4, -0.2) is 54.0 Å². The quantitative estimate of drug-likeness (QED) is 0.380. The van der Waals surface area contributed by atoms with Crippen molar-refractivity contribution >= 4 is 11.8 Å². The van der Waals surface area contributed by atoms with Crippen molar-refractivity contribution in [1.82, 2.24) is 10.6 Å². The Kier molecular flexibility index (Phi) is 5.67. The molecule has 19 heavy (non-hydrogen) atoms. The van der Waals surface area contributed by atoms with Gasteiger partial charge in [0, 0.05) is 0 Å². The van der Waals surface area contributed by atoms with Gasteiger partial charge < -0.3 is 31.9 Å². The Hall–Kier alpha value is -1.22. The molecule has 0 aliphatic carbocycles. The maximum absolute atomic E-state index is 11.8. The van der Waals surface area contributed by atoms with Gasteiger partial charge in [-0.1, -0.05) is 0 Å². The average molecular weight is 274 g/mol. The van der Waals surface area contributed by atoms with Crippen LogP contribution in [0.5, 0.6) is 0 Å². The number of carbonyl (C=O) groups is 2. The first-order chi connectivity index (χ1) is 8.81. The van der Waals surface area contributed by atoms with Crippen LogP contribution >= 0.6 is 0 Å². The number of amides is 2. The molecule has 7 N–H and O–H groups in total. The molecule has 0 saturated carbocycles. The molecule has 5 atom stereocenters. The van der Waals surface area contributed by atoms with E-state index < -0.39 is 30.3 Å². The molecule has 1 heterocycles. The number of nitrogens with one attached hydrogen (secondary N) is 2. The third-order valence-electron chi connectivity index (χ3n) is 2.90. The molecule has 8 nitrogen and oxygen atoms in total. The van der Waals surface area contributed by atoms with E-state index in [4.69, 9.17) is 16.2 Å². The Morgan fingerprint density at radius 1 is 1.37 bits per heavy atom. The summed E-state index contributed by atoms with van der Waals surface area (Å²) in [5.41, 5.74) is 11.0. The first kappa shape index (κ1) is 15.8. The molecule has 1 rings (SSSR count). The molecule has 8 heteroatoms. The number of aliphatic hydroxyl groups excluding tert-OH is 1. The number of hydrogen-bond acceptors (Lipinski definition) is 6. The van der Waals surface area contributed by atoms with Gasteiger partial charge in [-0.3, -0.25) is 9.59 Å². The van der Waals surface area contributed by atoms with Gasteiger partial charge in [0.15, 0.2) is 6.29 Å². The summed E-state index contributed by atoms with van der Waals surface area (Å²) in [5, 5.41) is 14.5. The topological polar surface area (TPSA) is 140 Å². The van der Waals surface area contributed by atoms with Gasteiger partial charge in [-0.15, -0.1) is 0 Å². The summed E-state index contributed by atoms with van der Waals surface area (Å²) in [6.07, 6.45) is -0.579. The fourth-order valence-corrected chi connectivity index (χ4v) is 1.69. The predicted molar refractivity (Wildman–Crippen MR) is 67.7 cm³/mol. The van der Waals surface area contributed by atoms with Crippen molar-refractivity contribution in [2.24, 2.45) is 11.5 Å². The fourth-order valence-electron chi connectivity index (χ4n) is 1.69. The van der Waals surface area contributed by atoms with Crippen LogP contribution in [0.15, 0.2) is 0 Å². The zero-order chi connectivity index (χ0) is 14.6. The second-order valence-corrected chi connectivity index (χ2v) is 4.85. The number of ether oxygens (including phenoxy) is 1. The molecule has 0 bridgehead atoms. The Morgan fingerprint density at radius 2 is 2.00 bits per heavy atom. The highest BCUT2D eigenvalue weighted by Gasteiger charge is 2.29. The molecule has 1 unspecified atom stereocenters. The Balaban J connectivity index is 2.40. The van der Waals surface area contributed by atoms with Crippen LogP contribution in [0.3, 0.4) is 0 Å². The Morgan fingerprint density at radius 3 is 2.53 bits per heavy atom. The van der Waals surface area contributed by atoms with Crippen molar-refractivity contribution in [3.63, 3.8) is 0 Å². The summed E-state index contributed by atoms with van der Waals surface area (Å²) < 4.78 is 5.01. The average Bonchev–Trinajstić information content (AvgIpc) is 2.33. The summed E-state index contributed by atoms with van der Waals surface area (Å²) in [6.45, 7) is 3.29. The molecule has 2 amide bonds. The van der Waals surface area contributed by atoms with E-state index in [1.54, 1.807) is 6.92 Å². The van der Waals surface area contributed by atoms with E-state index in [0.717, 1.165) is 0 Å². The molecular weight excluding hydrogens is 252 g/mol. The van der Waals surface area contributed by atoms with Gasteiger partial charge in [-0.25, -0.2) is 0 Å². The minimum absolute atomic E-state index is 0.189. The zero-order valence-electron chi connectivity index (χ0n) is 11.1. The second kappa shape index (κ2) is 6.80. The van der Waals surface area contributed by atoms with Gasteiger partial charge in [0.1, 0.15) is 6.04 Å². The van der Waals surface area contributed by atoms with Crippen LogP contribution in [-0.2, 0) is 14.3 Å². The first-order valence-electron chi connectivity index (χ1n) is 6.22. The highest BCUT2D eigenvalue weighted by Crippen LogP contribution is 2.10. The summed E-state index contributed by atoms with van der Waals surface area (Å²) in [4.78, 5) is 23.2. The van der Waals surface area contributed by atoms with Crippen LogP contribution in [0.2, 0.25) is 0 Å². The van der Waals surface area contributed by atoms with Crippen molar-refractivity contribution in [2.75, 3.05) is 6.61 Å². The minimum Gasteiger partial charge on any atom is -0.367 e. The largest absolute Gasteiger partial charge is 0.367 e. The second-order valence-electron chi connectivity index (χ2n) is 4.85. The van der Waals surface area contributed by atoms with E-state index >= 15 is 0 Å². The third-order valence-corrected chi connectivity index (χ3v) is 2.90. The lowest BCUT2D eigenvalue weighted by Crippen LogP contribution is -2.56. The number of hydrogen-bond donors (Lipinski definition) is 5. The van der Waals surface area contributed by atoms with Crippen molar-refractivity contribution in [1.29, 1.82) is 0 Å². The highest BCUT2D eigenvalue weighted by atomic mass is 16.6. The number of rotatable bonds is 4. The molecule has 0 spiro atoms. The van der Waals surface area contributed by atoms with Gasteiger partial charge >= 0.3 is 0 Å². The summed E-state index contributed by atoms with van der Waals surface area (Å²) >= 11 is 0. The minimum atomic E-state index is -0.997. The van der Waals surface area contributed by atoms with Crippen molar-refractivity contribution in [2.45, 2.75) is 50.7 Å². The van der Waals surface area contributed by atoms with Gasteiger partial charge in [0.2, 0.25) is 11.8 Å². The zero-order valence-corrected chi connectivity index (χ0v) is 11.1. The standard InChI is InChI=1S/C11H22N4O4/c1-5(12)9(16)14-6(2)10(17)15-7-3-8(13)11(18)19-4-7/h5-8,11,18H,3-4,12-13H2,1-2H3,(H,14,16)(H,15,17)/t5-,6-,7-,8-,11?/m1/s1. The highest BCUT2D eigenvalue weighted by molar-refractivity contribution is 5.89. The van der Waals surface area contributed by atoms with Crippen molar-refractivity contribution in [3.8, 4) is 0 Å². The van der Waals surface area contributed by atoms with Crippen LogP contribution < -0.4 is 22.1 Å². The Labute approximate surface area is 111 Å². The lowest BCUT2D eigenvalue weighted by atomic mass is 10.0. The first-order valence-corrected chi connectivity index (χ1v) is 6.22.